The second-order valence-corrected chi connectivity index (χ2v) is 9.13. The highest BCUT2D eigenvalue weighted by Crippen LogP contribution is 2.37. The Bertz CT molecular complexity index is 1520. The Balaban J connectivity index is 1.83. The Kier molecular flexibility index (Phi) is 3.82. The number of aliphatic hydroxyl groups excluding tert-OH is 1. The molecule has 2 fully saturated rings. The molecular formula is C20H27F2N5O4S. The van der Waals surface area contributed by atoms with Gasteiger partial charge in [-0.15, -0.1) is 0 Å². The third kappa shape index (κ3) is 4.35. The maximum absolute atomic E-state index is 14.0. The number of nitrogens with one attached hydrogen (secondary N) is 1. The molecule has 12 heteroatoms. The third-order valence-electron chi connectivity index (χ3n) is 5.72. The van der Waals surface area contributed by atoms with Gasteiger partial charge in [0.15, 0.2) is 0 Å². The van der Waals surface area contributed by atoms with Crippen LogP contribution in [0.2, 0.25) is 0 Å². The molecule has 1 aliphatic carbocycles. The van der Waals surface area contributed by atoms with E-state index in [9.17, 15) is 27.1 Å². The predicted octanol–water partition coefficient (Wildman–Crippen LogP) is 1.90. The number of aliphatic hydroxyl groups is 1. The van der Waals surface area contributed by atoms with Crippen LogP contribution in [0.4, 0.5) is 14.7 Å². The summed E-state index contributed by atoms with van der Waals surface area (Å²) in [7, 11) is -5.16. The average Bonchev–Trinajstić information content (AvgIpc) is 3.13. The van der Waals surface area contributed by atoms with Gasteiger partial charge in [0.05, 0.1) is 19.2 Å². The van der Waals surface area contributed by atoms with E-state index in [-0.39, 0.29) is 28.2 Å². The number of hydrogen-bond donors (Lipinski definition) is 2. The molecule has 2 aromatic heterocycles. The molecule has 0 spiro atoms. The SMILES string of the molecule is [2H]C(F)(F)c1cc2cnc(NC3([2H])C([2H])([2H])CN(S(=O)(=O)C([2H])([2H])[2H])CC3([2H])[2H])nc2n([C@H]2CC[C@H](O)[C@@H]2C)c1=O. The highest BCUT2D eigenvalue weighted by molar-refractivity contribution is 7.88. The lowest BCUT2D eigenvalue weighted by Crippen LogP contribution is -2.42. The largest absolute Gasteiger partial charge is 0.393 e. The summed E-state index contributed by atoms with van der Waals surface area (Å²) in [5.74, 6) is -1.20. The molecule has 2 N–H and O–H groups in total. The summed E-state index contributed by atoms with van der Waals surface area (Å²) in [4.78, 5) is 21.2. The standard InChI is InChI=1S/C20H27F2N5O4S/c1-11-15(3-4-16(11)28)27-18-12(9-14(17(21)22)19(27)29)10-23-20(25-18)24-13-5-7-26(8-6-13)32(2,30)31/h9-11,13,15-17,28H,3-8H2,1-2H3,(H,23,24,25)/t11-,15+,16+/m1/s1/i2D3,5D2,6D2,13D,17D. The highest BCUT2D eigenvalue weighted by Gasteiger charge is 2.35. The number of nitrogens with zero attached hydrogens (tertiary/aromatic N) is 4. The lowest BCUT2D eigenvalue weighted by molar-refractivity contribution is 0.127. The maximum Gasteiger partial charge on any atom is 0.269 e. The van der Waals surface area contributed by atoms with Crippen LogP contribution in [0.5, 0.6) is 0 Å². The van der Waals surface area contributed by atoms with Crippen molar-refractivity contribution in [2.75, 3.05) is 24.6 Å². The number of rotatable bonds is 5. The zero-order valence-corrected chi connectivity index (χ0v) is 17.7. The monoisotopic (exact) mass is 480 g/mol. The molecule has 2 aliphatic rings. The van der Waals surface area contributed by atoms with Gasteiger partial charge >= 0.3 is 0 Å². The van der Waals surface area contributed by atoms with Crippen LogP contribution in [0.25, 0.3) is 11.0 Å². The third-order valence-corrected chi connectivity index (χ3v) is 6.66. The van der Waals surface area contributed by atoms with Gasteiger partial charge in [0.25, 0.3) is 12.0 Å². The van der Waals surface area contributed by atoms with Crippen molar-refractivity contribution in [2.45, 2.75) is 57.1 Å². The fraction of sp³-hybridized carbons (Fsp3) is 0.650. The van der Waals surface area contributed by atoms with E-state index < -0.39 is 89.6 Å². The van der Waals surface area contributed by atoms with Crippen LogP contribution in [0, 0.1) is 5.92 Å². The molecule has 4 rings (SSSR count). The summed E-state index contributed by atoms with van der Waals surface area (Å²) in [6.07, 6.45) is -13.5. The molecule has 3 atom stereocenters. The number of anilines is 1. The van der Waals surface area contributed by atoms with Crippen LogP contribution >= 0.6 is 0 Å². The quantitative estimate of drug-likeness (QED) is 0.671. The van der Waals surface area contributed by atoms with Crippen molar-refractivity contribution in [3.63, 3.8) is 0 Å². The van der Waals surface area contributed by atoms with Gasteiger partial charge in [0.1, 0.15) is 7.02 Å². The van der Waals surface area contributed by atoms with E-state index >= 15 is 0 Å². The van der Waals surface area contributed by atoms with E-state index in [0.717, 1.165) is 10.8 Å². The van der Waals surface area contributed by atoms with Crippen LogP contribution in [-0.2, 0) is 10.0 Å². The molecule has 0 aromatic carbocycles. The predicted molar refractivity (Wildman–Crippen MR) is 115 cm³/mol. The highest BCUT2D eigenvalue weighted by atomic mass is 32.2. The van der Waals surface area contributed by atoms with Crippen molar-refractivity contribution < 1.29 is 34.6 Å². The molecule has 9 nitrogen and oxygen atoms in total. The van der Waals surface area contributed by atoms with Gasteiger partial charge in [-0.3, -0.25) is 9.36 Å². The number of aromatic nitrogens is 3. The minimum atomic E-state index is -5.16. The zero-order valence-electron chi connectivity index (χ0n) is 25.8. The topological polar surface area (TPSA) is 117 Å². The van der Waals surface area contributed by atoms with E-state index in [2.05, 4.69) is 15.3 Å². The lowest BCUT2D eigenvalue weighted by Gasteiger charge is -2.30. The number of halogens is 2. The molecule has 1 saturated carbocycles. The van der Waals surface area contributed by atoms with Crippen molar-refractivity contribution in [3.8, 4) is 0 Å². The smallest absolute Gasteiger partial charge is 0.269 e. The summed E-state index contributed by atoms with van der Waals surface area (Å²) in [6.45, 7) is -0.821. The van der Waals surface area contributed by atoms with Gasteiger partial charge in [-0.2, -0.15) is 4.98 Å². The molecule has 1 saturated heterocycles. The van der Waals surface area contributed by atoms with Crippen molar-refractivity contribution in [3.05, 3.63) is 28.2 Å². The second-order valence-electron chi connectivity index (χ2n) is 7.66. The number of fused-ring (bicyclic) bond motifs is 1. The van der Waals surface area contributed by atoms with Crippen LogP contribution in [0.15, 0.2) is 17.1 Å². The summed E-state index contributed by atoms with van der Waals surface area (Å²) >= 11 is 0. The van der Waals surface area contributed by atoms with E-state index in [1.165, 1.54) is 0 Å². The summed E-state index contributed by atoms with van der Waals surface area (Å²) in [5, 5.41) is 12.3. The summed E-state index contributed by atoms with van der Waals surface area (Å²) in [6, 6.07) is -3.13. The zero-order chi connectivity index (χ0) is 31.1. The number of hydrogen-bond acceptors (Lipinski definition) is 7. The molecule has 0 radical (unpaired) electrons. The van der Waals surface area contributed by atoms with Crippen molar-refractivity contribution in [2.24, 2.45) is 5.92 Å². The van der Waals surface area contributed by atoms with Crippen molar-refractivity contribution in [1.29, 1.82) is 0 Å². The molecule has 1 aliphatic heterocycles. The van der Waals surface area contributed by atoms with E-state index in [1.807, 2.05) is 0 Å². The van der Waals surface area contributed by atoms with Crippen LogP contribution < -0.4 is 10.9 Å². The number of pyridine rings is 1. The Morgan fingerprint density at radius 3 is 2.72 bits per heavy atom. The molecule has 176 valence electrons. The van der Waals surface area contributed by atoms with Gasteiger partial charge in [-0.25, -0.2) is 26.5 Å². The Morgan fingerprint density at radius 2 is 2.12 bits per heavy atom. The van der Waals surface area contributed by atoms with E-state index in [4.69, 9.17) is 12.3 Å². The molecule has 0 unspecified atom stereocenters. The summed E-state index contributed by atoms with van der Waals surface area (Å²) < 4.78 is 125. The molecule has 0 bridgehead atoms. The minimum Gasteiger partial charge on any atom is -0.393 e. The van der Waals surface area contributed by atoms with Gasteiger partial charge in [0.2, 0.25) is 16.0 Å². The number of alkyl halides is 2. The van der Waals surface area contributed by atoms with Gasteiger partial charge in [0, 0.05) is 52.2 Å². The van der Waals surface area contributed by atoms with Crippen LogP contribution in [0.1, 0.15) is 62.9 Å². The first-order valence-corrected chi connectivity index (χ1v) is 11.2. The summed E-state index contributed by atoms with van der Waals surface area (Å²) in [5.41, 5.74) is -2.70. The van der Waals surface area contributed by atoms with Gasteiger partial charge in [-0.1, -0.05) is 6.92 Å². The first kappa shape index (κ1) is 14.2. The second kappa shape index (κ2) is 8.64. The normalized spacial score (nSPS) is 34.6. The van der Waals surface area contributed by atoms with Crippen molar-refractivity contribution in [1.82, 2.24) is 18.8 Å². The first-order valence-electron chi connectivity index (χ1n) is 14.2. The fourth-order valence-electron chi connectivity index (χ4n) is 3.93. The number of piperidine rings is 1. The number of sulfonamides is 1. The molecule has 3 heterocycles. The van der Waals surface area contributed by atoms with Gasteiger partial charge < -0.3 is 10.4 Å². The Morgan fingerprint density at radius 1 is 1.41 bits per heavy atom. The maximum atomic E-state index is 14.0. The Hall–Kier alpha value is -2.18. The van der Waals surface area contributed by atoms with Crippen LogP contribution in [-0.4, -0.2) is 63.8 Å². The molecule has 0 amide bonds. The fourth-order valence-corrected chi connectivity index (χ4v) is 4.40. The van der Waals surface area contributed by atoms with Gasteiger partial charge in [-0.05, 0) is 31.7 Å². The minimum absolute atomic E-state index is 0.114. The van der Waals surface area contributed by atoms with E-state index in [0.29, 0.717) is 6.07 Å². The Labute approximate surface area is 197 Å². The molecule has 2 aromatic rings. The first-order chi connectivity index (χ1) is 18.4. The van der Waals surface area contributed by atoms with Crippen LogP contribution in [0.3, 0.4) is 0 Å². The van der Waals surface area contributed by atoms with Crippen molar-refractivity contribution >= 4 is 27.0 Å². The molecular weight excluding hydrogens is 444 g/mol. The van der Waals surface area contributed by atoms with E-state index in [1.54, 1.807) is 6.92 Å². The lowest BCUT2D eigenvalue weighted by atomic mass is 10.0. The average molecular weight is 481 g/mol. The molecule has 32 heavy (non-hydrogen) atoms.